The Morgan fingerprint density at radius 3 is 2.62 bits per heavy atom. The van der Waals surface area contributed by atoms with Gasteiger partial charge in [0.2, 0.25) is 11.9 Å². The first-order valence-corrected chi connectivity index (χ1v) is 10.3. The highest BCUT2D eigenvalue weighted by Gasteiger charge is 2.41. The Kier molecular flexibility index (Phi) is 5.79. The van der Waals surface area contributed by atoms with E-state index in [4.69, 9.17) is 16.2 Å². The molecule has 8 N–H and O–H groups in total. The number of fused-ring (bicyclic) bond motifs is 3. The smallest absolute Gasteiger partial charge is 0.326 e. The van der Waals surface area contributed by atoms with Crippen molar-refractivity contribution < 1.29 is 24.6 Å². The van der Waals surface area contributed by atoms with E-state index in [0.29, 0.717) is 24.6 Å². The maximum absolute atomic E-state index is 12.5. The van der Waals surface area contributed by atoms with Crippen LogP contribution in [-0.2, 0) is 9.59 Å². The van der Waals surface area contributed by atoms with Crippen LogP contribution in [0.25, 0.3) is 0 Å². The number of aliphatic carboxylic acids is 2. The SMILES string of the molecule is N=C1N(c2ccc(C(=O)N[C@@H](CCC(=O)O)C(=O)O)cc2)CC2CNc3nc(N)[nH]c(=O)c3N12. The normalized spacial score (nSPS) is 17.4. The van der Waals surface area contributed by atoms with Gasteiger partial charge in [0, 0.05) is 30.8 Å². The quantitative estimate of drug-likeness (QED) is 0.272. The number of nitrogen functional groups attached to an aromatic ring is 1. The van der Waals surface area contributed by atoms with E-state index in [1.807, 2.05) is 0 Å². The van der Waals surface area contributed by atoms with Crippen LogP contribution in [0.1, 0.15) is 23.2 Å². The van der Waals surface area contributed by atoms with Crippen molar-refractivity contribution in [1.82, 2.24) is 15.3 Å². The topological polar surface area (TPSA) is 218 Å². The van der Waals surface area contributed by atoms with E-state index < -0.39 is 35.9 Å². The lowest BCUT2D eigenvalue weighted by Gasteiger charge is -2.30. The van der Waals surface area contributed by atoms with E-state index in [2.05, 4.69) is 20.6 Å². The van der Waals surface area contributed by atoms with Gasteiger partial charge in [0.15, 0.2) is 11.5 Å². The number of guanidine groups is 1. The Morgan fingerprint density at radius 2 is 1.97 bits per heavy atom. The molecular weight excluding hydrogens is 448 g/mol. The summed E-state index contributed by atoms with van der Waals surface area (Å²) < 4.78 is 0. The van der Waals surface area contributed by atoms with Gasteiger partial charge >= 0.3 is 11.9 Å². The molecule has 178 valence electrons. The van der Waals surface area contributed by atoms with Gasteiger partial charge in [0.05, 0.1) is 6.04 Å². The van der Waals surface area contributed by atoms with Gasteiger partial charge in [-0.05, 0) is 30.7 Å². The summed E-state index contributed by atoms with van der Waals surface area (Å²) in [5.74, 6) is -2.82. The fourth-order valence-electron chi connectivity index (χ4n) is 3.96. The summed E-state index contributed by atoms with van der Waals surface area (Å²) in [6.45, 7) is 0.839. The number of nitrogens with one attached hydrogen (secondary N) is 4. The predicted molar refractivity (Wildman–Crippen MR) is 121 cm³/mol. The molecule has 3 heterocycles. The van der Waals surface area contributed by atoms with Gasteiger partial charge in [0.1, 0.15) is 6.04 Å². The number of hydrogen-bond donors (Lipinski definition) is 7. The van der Waals surface area contributed by atoms with Crippen molar-refractivity contribution in [3.8, 4) is 0 Å². The van der Waals surface area contributed by atoms with Gasteiger partial charge in [-0.1, -0.05) is 0 Å². The lowest BCUT2D eigenvalue weighted by atomic mass is 10.1. The molecule has 2 aromatic rings. The molecule has 1 unspecified atom stereocenters. The van der Waals surface area contributed by atoms with Crippen molar-refractivity contribution in [3.63, 3.8) is 0 Å². The first kappa shape index (κ1) is 22.6. The Morgan fingerprint density at radius 1 is 1.26 bits per heavy atom. The third kappa shape index (κ3) is 4.20. The Balaban J connectivity index is 1.50. The summed E-state index contributed by atoms with van der Waals surface area (Å²) in [6, 6.07) is 4.63. The molecule has 1 saturated heterocycles. The molecule has 2 atom stereocenters. The number of nitrogens with two attached hydrogens (primary N) is 1. The third-order valence-corrected chi connectivity index (χ3v) is 5.59. The van der Waals surface area contributed by atoms with E-state index in [-0.39, 0.29) is 35.6 Å². The van der Waals surface area contributed by atoms with Gasteiger partial charge < -0.3 is 31.5 Å². The van der Waals surface area contributed by atoms with E-state index in [1.165, 1.54) is 12.1 Å². The van der Waals surface area contributed by atoms with Gasteiger partial charge in [-0.3, -0.25) is 29.7 Å². The van der Waals surface area contributed by atoms with Gasteiger partial charge in [-0.15, -0.1) is 0 Å². The average molecular weight is 470 g/mol. The van der Waals surface area contributed by atoms with Gasteiger partial charge in [-0.2, -0.15) is 4.98 Å². The summed E-state index contributed by atoms with van der Waals surface area (Å²) in [5.41, 5.74) is 6.12. The number of rotatable bonds is 7. The minimum absolute atomic E-state index is 0.0285. The summed E-state index contributed by atoms with van der Waals surface area (Å²) in [4.78, 5) is 56.7. The zero-order valence-corrected chi connectivity index (χ0v) is 17.7. The van der Waals surface area contributed by atoms with Crippen LogP contribution < -0.4 is 31.7 Å². The Bertz CT molecular complexity index is 1230. The number of nitrogens with zero attached hydrogens (tertiary/aromatic N) is 3. The molecule has 14 heteroatoms. The fourth-order valence-corrected chi connectivity index (χ4v) is 3.96. The molecule has 0 spiro atoms. The van der Waals surface area contributed by atoms with Crippen LogP contribution in [-0.4, -0.2) is 69.2 Å². The first-order valence-electron chi connectivity index (χ1n) is 10.3. The van der Waals surface area contributed by atoms with E-state index in [1.54, 1.807) is 21.9 Å². The number of aromatic nitrogens is 2. The lowest BCUT2D eigenvalue weighted by Crippen LogP contribution is -2.46. The molecule has 14 nitrogen and oxygen atoms in total. The van der Waals surface area contributed by atoms with E-state index in [9.17, 15) is 24.3 Å². The zero-order chi connectivity index (χ0) is 24.6. The van der Waals surface area contributed by atoms with Crippen LogP contribution in [0, 0.1) is 5.41 Å². The summed E-state index contributed by atoms with van der Waals surface area (Å²) >= 11 is 0. The second-order valence-electron chi connectivity index (χ2n) is 7.83. The third-order valence-electron chi connectivity index (χ3n) is 5.59. The molecule has 1 fully saturated rings. The molecule has 2 aliphatic rings. The van der Waals surface area contributed by atoms with Crippen LogP contribution in [0.5, 0.6) is 0 Å². The highest BCUT2D eigenvalue weighted by Crippen LogP contribution is 2.33. The molecule has 0 radical (unpaired) electrons. The number of anilines is 4. The molecular formula is C20H22N8O6. The van der Waals surface area contributed by atoms with Crippen LogP contribution in [0.2, 0.25) is 0 Å². The minimum Gasteiger partial charge on any atom is -0.481 e. The number of benzene rings is 1. The maximum Gasteiger partial charge on any atom is 0.326 e. The summed E-state index contributed by atoms with van der Waals surface area (Å²) in [5, 5.41) is 32.0. The van der Waals surface area contributed by atoms with Crippen molar-refractivity contribution in [2.24, 2.45) is 0 Å². The number of amides is 1. The number of H-pyrrole nitrogens is 1. The van der Waals surface area contributed by atoms with Crippen molar-refractivity contribution >= 4 is 46.9 Å². The zero-order valence-electron chi connectivity index (χ0n) is 17.7. The molecule has 0 aliphatic carbocycles. The number of carboxylic acid groups (broad SMARTS) is 2. The highest BCUT2D eigenvalue weighted by atomic mass is 16.4. The van der Waals surface area contributed by atoms with Gasteiger partial charge in [0.25, 0.3) is 11.5 Å². The molecule has 34 heavy (non-hydrogen) atoms. The molecule has 0 saturated carbocycles. The Labute approximate surface area is 191 Å². The van der Waals surface area contributed by atoms with Crippen LogP contribution >= 0.6 is 0 Å². The second-order valence-corrected chi connectivity index (χ2v) is 7.83. The van der Waals surface area contributed by atoms with Crippen LogP contribution in [0.4, 0.5) is 23.1 Å². The van der Waals surface area contributed by atoms with Crippen molar-refractivity contribution in [3.05, 3.63) is 40.2 Å². The molecule has 1 amide bonds. The number of carboxylic acids is 2. The summed E-state index contributed by atoms with van der Waals surface area (Å²) in [6.07, 6.45) is -0.639. The van der Waals surface area contributed by atoms with Crippen LogP contribution in [0.15, 0.2) is 29.1 Å². The number of aromatic amines is 1. The lowest BCUT2D eigenvalue weighted by molar-refractivity contribution is -0.140. The molecule has 2 aliphatic heterocycles. The molecule has 1 aromatic carbocycles. The monoisotopic (exact) mass is 470 g/mol. The summed E-state index contributed by atoms with van der Waals surface area (Å²) in [7, 11) is 0. The Hall–Kier alpha value is -4.62. The molecule has 4 rings (SSSR count). The number of carbonyl (C=O) groups is 3. The van der Waals surface area contributed by atoms with Crippen molar-refractivity contribution in [2.45, 2.75) is 24.9 Å². The molecule has 1 aromatic heterocycles. The van der Waals surface area contributed by atoms with E-state index in [0.717, 1.165) is 0 Å². The maximum atomic E-state index is 12.5. The standard InChI is InChI=1S/C20H22N8O6/c21-19-25-15-14(17(32)26-19)28-11(7-23-15)8-27(20(28)22)10-3-1-9(2-4-10)16(31)24-12(18(33)34)5-6-13(29)30/h1-4,11-12,22H,5-8H2,(H,24,31)(H,29,30)(H,33,34)(H4,21,23,25,26,32)/t11?,12-/m0/s1. The van der Waals surface area contributed by atoms with Crippen molar-refractivity contribution in [1.29, 1.82) is 5.41 Å². The molecule has 0 bridgehead atoms. The second kappa shape index (κ2) is 8.73. The van der Waals surface area contributed by atoms with Crippen LogP contribution in [0.3, 0.4) is 0 Å². The minimum atomic E-state index is -1.33. The fraction of sp³-hybridized carbons (Fsp3) is 0.300. The van der Waals surface area contributed by atoms with Gasteiger partial charge in [-0.25, -0.2) is 4.79 Å². The van der Waals surface area contributed by atoms with E-state index >= 15 is 0 Å². The number of hydrogen-bond acceptors (Lipinski definition) is 8. The first-order chi connectivity index (χ1) is 16.2. The highest BCUT2D eigenvalue weighted by molar-refractivity contribution is 6.10. The largest absolute Gasteiger partial charge is 0.481 e. The number of carbonyl (C=O) groups excluding carboxylic acids is 1. The van der Waals surface area contributed by atoms with Crippen molar-refractivity contribution in [2.75, 3.05) is 33.9 Å². The average Bonchev–Trinajstić information content (AvgIpc) is 3.12. The predicted octanol–water partition coefficient (Wildman–Crippen LogP) is -0.545.